The van der Waals surface area contributed by atoms with E-state index in [-0.39, 0.29) is 10.9 Å². The van der Waals surface area contributed by atoms with Gasteiger partial charge in [0.1, 0.15) is 0 Å². The highest BCUT2D eigenvalue weighted by Gasteiger charge is 2.17. The minimum atomic E-state index is -3.57. The van der Waals surface area contributed by atoms with E-state index in [9.17, 15) is 8.42 Å². The predicted molar refractivity (Wildman–Crippen MR) is 116 cm³/mol. The quantitative estimate of drug-likeness (QED) is 0.391. The molecule has 0 unspecified atom stereocenters. The average molecular weight is 409 g/mol. The van der Waals surface area contributed by atoms with Crippen LogP contribution >= 0.6 is 0 Å². The molecule has 0 aliphatic carbocycles. The second kappa shape index (κ2) is 8.32. The topological polar surface area (TPSA) is 86.9 Å². The van der Waals surface area contributed by atoms with Crippen LogP contribution in [-0.2, 0) is 16.4 Å². The van der Waals surface area contributed by atoms with Gasteiger partial charge in [-0.15, -0.1) is 0 Å². The molecule has 29 heavy (non-hydrogen) atoms. The summed E-state index contributed by atoms with van der Waals surface area (Å²) < 4.78 is 28.1. The Labute approximate surface area is 170 Å². The fraction of sp³-hybridized carbons (Fsp3) is 0.227. The van der Waals surface area contributed by atoms with Crippen molar-refractivity contribution >= 4 is 31.7 Å². The largest absolute Gasteiger partial charge is 0.358 e. The molecular formula is C22H24N4O2S. The number of rotatable bonds is 8. The molecule has 0 fully saturated rings. The number of nitrogens with zero attached hydrogens (tertiary/aromatic N) is 1. The smallest absolute Gasteiger partial charge is 0.240 e. The van der Waals surface area contributed by atoms with Gasteiger partial charge in [-0.2, -0.15) is 0 Å². The van der Waals surface area contributed by atoms with Crippen LogP contribution in [0.3, 0.4) is 0 Å². The van der Waals surface area contributed by atoms with Gasteiger partial charge in [0.15, 0.2) is 0 Å². The molecule has 0 bridgehead atoms. The van der Waals surface area contributed by atoms with Crippen molar-refractivity contribution in [2.45, 2.75) is 24.3 Å². The minimum absolute atomic E-state index is 0.226. The number of benzene rings is 2. The summed E-state index contributed by atoms with van der Waals surface area (Å²) in [6, 6.07) is 17.0. The Hall–Kier alpha value is -2.74. The zero-order valence-corrected chi connectivity index (χ0v) is 17.0. The maximum Gasteiger partial charge on any atom is 0.240 e. The molecule has 1 atom stereocenters. The molecule has 6 nitrogen and oxygen atoms in total. The molecule has 4 aromatic rings. The SMILES string of the molecule is C[C@H](CNCCc1cc2ccccc2[nH]1)NS(=O)(=O)c1ccc2cnccc2c1. The van der Waals surface area contributed by atoms with E-state index in [1.807, 2.05) is 25.1 Å². The molecule has 0 aliphatic heterocycles. The van der Waals surface area contributed by atoms with Gasteiger partial charge in [-0.05, 0) is 54.4 Å². The van der Waals surface area contributed by atoms with E-state index in [2.05, 4.69) is 38.2 Å². The Morgan fingerprint density at radius 1 is 1.03 bits per heavy atom. The third kappa shape index (κ3) is 4.64. The molecule has 0 amide bonds. The molecular weight excluding hydrogens is 384 g/mol. The molecule has 4 rings (SSSR count). The van der Waals surface area contributed by atoms with E-state index < -0.39 is 10.0 Å². The van der Waals surface area contributed by atoms with Gasteiger partial charge >= 0.3 is 0 Å². The summed E-state index contributed by atoms with van der Waals surface area (Å²) in [6.07, 6.45) is 4.23. The first kappa shape index (κ1) is 19.6. The third-order valence-electron chi connectivity index (χ3n) is 4.89. The van der Waals surface area contributed by atoms with Gasteiger partial charge in [0, 0.05) is 48.1 Å². The van der Waals surface area contributed by atoms with Gasteiger partial charge in [0.2, 0.25) is 10.0 Å². The molecule has 0 saturated heterocycles. The van der Waals surface area contributed by atoms with E-state index >= 15 is 0 Å². The van der Waals surface area contributed by atoms with Gasteiger partial charge in [-0.1, -0.05) is 24.3 Å². The maximum atomic E-state index is 12.7. The number of aromatic amines is 1. The molecule has 2 aromatic heterocycles. The number of sulfonamides is 1. The molecule has 2 aromatic carbocycles. The number of hydrogen-bond donors (Lipinski definition) is 3. The third-order valence-corrected chi connectivity index (χ3v) is 6.47. The predicted octanol–water partition coefficient (Wildman–Crippen LogP) is 3.22. The van der Waals surface area contributed by atoms with Gasteiger partial charge in [0.05, 0.1) is 4.90 Å². The molecule has 0 saturated carbocycles. The summed E-state index contributed by atoms with van der Waals surface area (Å²) in [4.78, 5) is 7.72. The van der Waals surface area contributed by atoms with E-state index in [0.29, 0.717) is 6.54 Å². The zero-order chi connectivity index (χ0) is 20.3. The first-order chi connectivity index (χ1) is 14.0. The summed E-state index contributed by atoms with van der Waals surface area (Å²) in [6.45, 7) is 3.18. The molecule has 3 N–H and O–H groups in total. The van der Waals surface area contributed by atoms with Crippen LogP contribution < -0.4 is 10.0 Å². The maximum absolute atomic E-state index is 12.7. The number of pyridine rings is 1. The summed E-state index contributed by atoms with van der Waals surface area (Å²) in [5, 5.41) is 6.30. The Morgan fingerprint density at radius 3 is 2.76 bits per heavy atom. The number of hydrogen-bond acceptors (Lipinski definition) is 4. The average Bonchev–Trinajstić information content (AvgIpc) is 3.13. The Balaban J connectivity index is 1.30. The fourth-order valence-corrected chi connectivity index (χ4v) is 4.69. The van der Waals surface area contributed by atoms with Crippen LogP contribution in [0.1, 0.15) is 12.6 Å². The summed E-state index contributed by atoms with van der Waals surface area (Å²) in [7, 11) is -3.57. The number of nitrogens with one attached hydrogen (secondary N) is 3. The lowest BCUT2D eigenvalue weighted by molar-refractivity contribution is 0.537. The number of para-hydroxylation sites is 1. The van der Waals surface area contributed by atoms with Crippen LogP contribution in [0.25, 0.3) is 21.7 Å². The molecule has 2 heterocycles. The van der Waals surface area contributed by atoms with Crippen LogP contribution in [0.15, 0.2) is 71.9 Å². The second-order valence-corrected chi connectivity index (χ2v) is 8.96. The molecule has 150 valence electrons. The number of H-pyrrole nitrogens is 1. The van der Waals surface area contributed by atoms with Crippen molar-refractivity contribution in [1.82, 2.24) is 20.0 Å². The van der Waals surface area contributed by atoms with Crippen molar-refractivity contribution in [3.63, 3.8) is 0 Å². The summed E-state index contributed by atoms with van der Waals surface area (Å²) in [5.74, 6) is 0. The molecule has 7 heteroatoms. The van der Waals surface area contributed by atoms with Crippen LogP contribution in [0.5, 0.6) is 0 Å². The van der Waals surface area contributed by atoms with Crippen molar-refractivity contribution in [3.05, 3.63) is 72.7 Å². The van der Waals surface area contributed by atoms with Crippen molar-refractivity contribution < 1.29 is 8.42 Å². The molecule has 0 spiro atoms. The monoisotopic (exact) mass is 408 g/mol. The standard InChI is InChI=1S/C22H24N4O2S/c1-16(14-23-11-9-20-12-18-4-2-3-5-22(18)25-20)26-29(27,28)21-7-6-19-15-24-10-8-17(19)13-21/h2-8,10,12-13,15-16,23,25-26H,9,11,14H2,1H3/t16-/m1/s1. The van der Waals surface area contributed by atoms with Crippen molar-refractivity contribution in [2.75, 3.05) is 13.1 Å². The van der Waals surface area contributed by atoms with E-state index in [0.717, 1.165) is 34.9 Å². The normalized spacial score (nSPS) is 13.1. The molecule has 0 radical (unpaired) electrons. The lowest BCUT2D eigenvalue weighted by Crippen LogP contribution is -2.40. The lowest BCUT2D eigenvalue weighted by atomic mass is 10.2. The highest BCUT2D eigenvalue weighted by Crippen LogP contribution is 2.18. The Morgan fingerprint density at radius 2 is 1.90 bits per heavy atom. The first-order valence-corrected chi connectivity index (χ1v) is 11.1. The van der Waals surface area contributed by atoms with Crippen LogP contribution in [-0.4, -0.2) is 37.5 Å². The van der Waals surface area contributed by atoms with E-state index in [4.69, 9.17) is 0 Å². The van der Waals surface area contributed by atoms with Crippen molar-refractivity contribution in [1.29, 1.82) is 0 Å². The highest BCUT2D eigenvalue weighted by molar-refractivity contribution is 7.89. The Bertz CT molecular complexity index is 1200. The van der Waals surface area contributed by atoms with Gasteiger partial charge < -0.3 is 10.3 Å². The zero-order valence-electron chi connectivity index (χ0n) is 16.2. The van der Waals surface area contributed by atoms with Crippen LogP contribution in [0.2, 0.25) is 0 Å². The van der Waals surface area contributed by atoms with Gasteiger partial charge in [-0.3, -0.25) is 4.98 Å². The number of fused-ring (bicyclic) bond motifs is 2. The van der Waals surface area contributed by atoms with Gasteiger partial charge in [-0.25, -0.2) is 13.1 Å². The Kier molecular flexibility index (Phi) is 5.62. The number of aromatic nitrogens is 2. The highest BCUT2D eigenvalue weighted by atomic mass is 32.2. The fourth-order valence-electron chi connectivity index (χ4n) is 3.41. The van der Waals surface area contributed by atoms with E-state index in [1.54, 1.807) is 30.6 Å². The van der Waals surface area contributed by atoms with Crippen LogP contribution in [0, 0.1) is 0 Å². The summed E-state index contributed by atoms with van der Waals surface area (Å²) in [5.41, 5.74) is 2.30. The minimum Gasteiger partial charge on any atom is -0.358 e. The first-order valence-electron chi connectivity index (χ1n) is 9.65. The van der Waals surface area contributed by atoms with Crippen LogP contribution in [0.4, 0.5) is 0 Å². The van der Waals surface area contributed by atoms with Crippen molar-refractivity contribution in [2.24, 2.45) is 0 Å². The van der Waals surface area contributed by atoms with E-state index in [1.165, 1.54) is 5.39 Å². The summed E-state index contributed by atoms with van der Waals surface area (Å²) >= 11 is 0. The second-order valence-electron chi connectivity index (χ2n) is 7.24. The lowest BCUT2D eigenvalue weighted by Gasteiger charge is -2.15. The van der Waals surface area contributed by atoms with Crippen molar-refractivity contribution in [3.8, 4) is 0 Å². The van der Waals surface area contributed by atoms with Gasteiger partial charge in [0.25, 0.3) is 0 Å². The molecule has 0 aliphatic rings.